The van der Waals surface area contributed by atoms with E-state index in [1.165, 1.54) is 17.0 Å². The minimum Gasteiger partial charge on any atom is -0.507 e. The van der Waals surface area contributed by atoms with Crippen LogP contribution in [0.15, 0.2) is 90.5 Å². The first-order valence-electron chi connectivity index (χ1n) is 11.4. The third-order valence-corrected chi connectivity index (χ3v) is 6.70. The smallest absolute Gasteiger partial charge is 0.295 e. The predicted octanol–water partition coefficient (Wildman–Crippen LogP) is 6.22. The van der Waals surface area contributed by atoms with E-state index in [-0.39, 0.29) is 23.7 Å². The number of likely N-dealkylation sites (tertiary alicyclic amines) is 1. The van der Waals surface area contributed by atoms with E-state index in [1.54, 1.807) is 18.2 Å². The number of amides is 1. The van der Waals surface area contributed by atoms with Crippen LogP contribution in [0.25, 0.3) is 16.5 Å². The van der Waals surface area contributed by atoms with Gasteiger partial charge < -0.3 is 10.0 Å². The van der Waals surface area contributed by atoms with Crippen LogP contribution in [-0.2, 0) is 16.1 Å². The number of halogens is 1. The first-order valence-corrected chi connectivity index (χ1v) is 11.4. The fraction of sp³-hybridized carbons (Fsp3) is 0.133. The van der Waals surface area contributed by atoms with Gasteiger partial charge in [-0.2, -0.15) is 0 Å². The average Bonchev–Trinajstić information content (AvgIpc) is 3.11. The molecule has 174 valence electrons. The van der Waals surface area contributed by atoms with E-state index in [0.717, 1.165) is 27.5 Å². The van der Waals surface area contributed by atoms with Gasteiger partial charge in [0.1, 0.15) is 11.6 Å². The summed E-state index contributed by atoms with van der Waals surface area (Å²) in [5.41, 5.74) is 3.99. The number of aryl methyl sites for hydroxylation is 2. The molecule has 5 rings (SSSR count). The summed E-state index contributed by atoms with van der Waals surface area (Å²) < 4.78 is 13.5. The SMILES string of the molecule is Cc1ccc(/C(O)=C2/C(=O)C(=O)N(Cc3ccc(F)cc3)C2c2cccc3ccccc23)cc1C. The van der Waals surface area contributed by atoms with Crippen LogP contribution in [0.1, 0.15) is 33.9 Å². The number of rotatable bonds is 4. The number of hydrogen-bond donors (Lipinski definition) is 1. The number of hydrogen-bond acceptors (Lipinski definition) is 3. The van der Waals surface area contributed by atoms with Crippen molar-refractivity contribution in [2.75, 3.05) is 0 Å². The second kappa shape index (κ2) is 8.84. The van der Waals surface area contributed by atoms with Gasteiger partial charge in [-0.1, -0.05) is 66.7 Å². The maximum absolute atomic E-state index is 13.5. The van der Waals surface area contributed by atoms with Crippen LogP contribution >= 0.6 is 0 Å². The van der Waals surface area contributed by atoms with Crippen molar-refractivity contribution in [2.45, 2.75) is 26.4 Å². The highest BCUT2D eigenvalue weighted by Gasteiger charge is 2.46. The van der Waals surface area contributed by atoms with E-state index < -0.39 is 17.7 Å². The van der Waals surface area contributed by atoms with Crippen LogP contribution in [0.2, 0.25) is 0 Å². The summed E-state index contributed by atoms with van der Waals surface area (Å²) in [5, 5.41) is 13.2. The number of Topliss-reactive ketones (excluding diaryl/α,β-unsaturated/α-hetero) is 1. The molecule has 4 nitrogen and oxygen atoms in total. The van der Waals surface area contributed by atoms with Crippen LogP contribution in [0, 0.1) is 19.7 Å². The molecule has 5 heteroatoms. The van der Waals surface area contributed by atoms with E-state index >= 15 is 0 Å². The zero-order chi connectivity index (χ0) is 24.7. The lowest BCUT2D eigenvalue weighted by Crippen LogP contribution is -2.29. The van der Waals surface area contributed by atoms with Gasteiger partial charge in [-0.3, -0.25) is 9.59 Å². The van der Waals surface area contributed by atoms with E-state index in [2.05, 4.69) is 0 Å². The molecule has 1 fully saturated rings. The molecule has 0 aromatic heterocycles. The van der Waals surface area contributed by atoms with Gasteiger partial charge in [0.05, 0.1) is 11.6 Å². The molecule has 1 saturated heterocycles. The Balaban J connectivity index is 1.73. The minimum absolute atomic E-state index is 0.0525. The van der Waals surface area contributed by atoms with Gasteiger partial charge in [0.15, 0.2) is 0 Å². The van der Waals surface area contributed by atoms with Crippen LogP contribution in [0.4, 0.5) is 4.39 Å². The number of carbonyl (C=O) groups excluding carboxylic acids is 2. The standard InChI is InChI=1S/C30H24FNO3/c1-18-10-13-22(16-19(18)2)28(33)26-27(25-9-5-7-21-6-3-4-8-24(21)25)32(30(35)29(26)34)17-20-11-14-23(31)15-12-20/h3-16,27,33H,17H2,1-2H3/b28-26-. The van der Waals surface area contributed by atoms with Crippen LogP contribution < -0.4 is 0 Å². The first-order chi connectivity index (χ1) is 16.8. The quantitative estimate of drug-likeness (QED) is 0.221. The Kier molecular flexibility index (Phi) is 5.69. The summed E-state index contributed by atoms with van der Waals surface area (Å²) in [4.78, 5) is 28.2. The number of nitrogens with zero attached hydrogens (tertiary/aromatic N) is 1. The number of carbonyl (C=O) groups is 2. The number of benzene rings is 4. The molecule has 35 heavy (non-hydrogen) atoms. The summed E-state index contributed by atoms with van der Waals surface area (Å²) in [6, 6.07) is 24.0. The fourth-order valence-corrected chi connectivity index (χ4v) is 4.69. The van der Waals surface area contributed by atoms with E-state index in [0.29, 0.717) is 11.1 Å². The molecule has 1 aliphatic rings. The number of aliphatic hydroxyl groups excluding tert-OH is 1. The second-order valence-electron chi connectivity index (χ2n) is 8.92. The molecule has 1 unspecified atom stereocenters. The molecule has 1 aliphatic heterocycles. The zero-order valence-electron chi connectivity index (χ0n) is 19.5. The van der Waals surface area contributed by atoms with Crippen LogP contribution in [0.3, 0.4) is 0 Å². The Morgan fingerprint density at radius 3 is 2.34 bits per heavy atom. The Bertz CT molecular complexity index is 1500. The van der Waals surface area contributed by atoms with Crippen LogP contribution in [0.5, 0.6) is 0 Å². The summed E-state index contributed by atoms with van der Waals surface area (Å²) in [7, 11) is 0. The van der Waals surface area contributed by atoms with Crippen molar-refractivity contribution in [3.63, 3.8) is 0 Å². The van der Waals surface area contributed by atoms with Gasteiger partial charge in [0, 0.05) is 12.1 Å². The average molecular weight is 466 g/mol. The van der Waals surface area contributed by atoms with Crippen molar-refractivity contribution in [3.8, 4) is 0 Å². The Morgan fingerprint density at radius 1 is 0.886 bits per heavy atom. The maximum atomic E-state index is 13.5. The molecule has 1 amide bonds. The highest BCUT2D eigenvalue weighted by atomic mass is 19.1. The van der Waals surface area contributed by atoms with Crippen molar-refractivity contribution < 1.29 is 19.1 Å². The molecule has 0 aliphatic carbocycles. The van der Waals surface area contributed by atoms with Gasteiger partial charge in [0.25, 0.3) is 11.7 Å². The third kappa shape index (κ3) is 3.99. The first kappa shape index (κ1) is 22.5. The molecule has 0 bridgehead atoms. The molecule has 1 N–H and O–H groups in total. The van der Waals surface area contributed by atoms with Gasteiger partial charge in [0.2, 0.25) is 0 Å². The van der Waals surface area contributed by atoms with Gasteiger partial charge >= 0.3 is 0 Å². The second-order valence-corrected chi connectivity index (χ2v) is 8.92. The number of ketones is 1. The van der Waals surface area contributed by atoms with Crippen molar-refractivity contribution >= 4 is 28.2 Å². The third-order valence-electron chi connectivity index (χ3n) is 6.70. The van der Waals surface area contributed by atoms with Gasteiger partial charge in [-0.15, -0.1) is 0 Å². The lowest BCUT2D eigenvalue weighted by Gasteiger charge is -2.26. The maximum Gasteiger partial charge on any atom is 0.295 e. The van der Waals surface area contributed by atoms with Gasteiger partial charge in [-0.25, -0.2) is 4.39 Å². The zero-order valence-corrected chi connectivity index (χ0v) is 19.5. The molecular formula is C30H24FNO3. The normalized spacial score (nSPS) is 17.3. The monoisotopic (exact) mass is 465 g/mol. The summed E-state index contributed by atoms with van der Waals surface area (Å²) >= 11 is 0. The largest absolute Gasteiger partial charge is 0.507 e. The van der Waals surface area contributed by atoms with Crippen molar-refractivity contribution in [1.82, 2.24) is 4.90 Å². The number of aliphatic hydroxyl groups is 1. The van der Waals surface area contributed by atoms with Crippen LogP contribution in [-0.4, -0.2) is 21.7 Å². The van der Waals surface area contributed by atoms with Crippen molar-refractivity contribution in [1.29, 1.82) is 0 Å². The summed E-state index contributed by atoms with van der Waals surface area (Å²) in [6.45, 7) is 4.00. The lowest BCUT2D eigenvalue weighted by atomic mass is 9.91. The number of fused-ring (bicyclic) bond motifs is 1. The topological polar surface area (TPSA) is 57.6 Å². The molecule has 1 heterocycles. The molecule has 4 aromatic rings. The Labute approximate surface area is 202 Å². The summed E-state index contributed by atoms with van der Waals surface area (Å²) in [6.07, 6.45) is 0. The Hall–Kier alpha value is -4.25. The predicted molar refractivity (Wildman–Crippen MR) is 134 cm³/mol. The molecule has 0 radical (unpaired) electrons. The molecule has 4 aromatic carbocycles. The molecule has 1 atom stereocenters. The van der Waals surface area contributed by atoms with Crippen molar-refractivity contribution in [3.05, 3.63) is 124 Å². The molecular weight excluding hydrogens is 441 g/mol. The lowest BCUT2D eigenvalue weighted by molar-refractivity contribution is -0.140. The van der Waals surface area contributed by atoms with E-state index in [4.69, 9.17) is 0 Å². The molecule has 0 spiro atoms. The summed E-state index contributed by atoms with van der Waals surface area (Å²) in [5.74, 6) is -2.01. The highest BCUT2D eigenvalue weighted by Crippen LogP contribution is 2.42. The van der Waals surface area contributed by atoms with E-state index in [1.807, 2.05) is 68.4 Å². The van der Waals surface area contributed by atoms with E-state index in [9.17, 15) is 19.1 Å². The molecule has 0 saturated carbocycles. The highest BCUT2D eigenvalue weighted by molar-refractivity contribution is 6.46. The van der Waals surface area contributed by atoms with Crippen molar-refractivity contribution in [2.24, 2.45) is 0 Å². The fourth-order valence-electron chi connectivity index (χ4n) is 4.69. The van der Waals surface area contributed by atoms with Gasteiger partial charge in [-0.05, 0) is 65.1 Å². The minimum atomic E-state index is -0.798. The Morgan fingerprint density at radius 2 is 1.60 bits per heavy atom.